The summed E-state index contributed by atoms with van der Waals surface area (Å²) in [6.45, 7) is 43.2. The van der Waals surface area contributed by atoms with E-state index in [0.29, 0.717) is 103 Å². The molecule has 0 aromatic carbocycles. The van der Waals surface area contributed by atoms with Crippen molar-refractivity contribution < 1.29 is 57.5 Å². The number of carbonyl (C=O) groups excluding carboxylic acids is 4. The predicted molar refractivity (Wildman–Crippen MR) is 278 cm³/mol. The van der Waals surface area contributed by atoms with Gasteiger partial charge < -0.3 is 18.9 Å². The maximum absolute atomic E-state index is 15.3. The Kier molecular flexibility index (Phi) is 20.9. The Hall–Kier alpha value is -2.44. The van der Waals surface area contributed by atoms with Gasteiger partial charge in [-0.1, -0.05) is 0 Å². The van der Waals surface area contributed by atoms with Crippen LogP contribution in [0.2, 0.25) is 0 Å². The van der Waals surface area contributed by atoms with Gasteiger partial charge in [0.15, 0.2) is 5.92 Å². The van der Waals surface area contributed by atoms with Crippen LogP contribution < -0.4 is 0 Å². The highest BCUT2D eigenvalue weighted by atomic mass is 16.7. The number of ether oxygens (including phenoxy) is 4. The molecule has 4 rings (SSSR count). The van der Waals surface area contributed by atoms with Crippen molar-refractivity contribution in [3.63, 3.8) is 0 Å². The van der Waals surface area contributed by atoms with Gasteiger partial charge in [-0.2, -0.15) is 20.3 Å². The molecule has 16 heteroatoms. The number of hydroxylamine groups is 8. The van der Waals surface area contributed by atoms with E-state index in [4.69, 9.17) is 38.3 Å². The van der Waals surface area contributed by atoms with Crippen molar-refractivity contribution in [1.82, 2.24) is 20.3 Å². The van der Waals surface area contributed by atoms with Crippen molar-refractivity contribution in [1.29, 1.82) is 0 Å². The molecule has 0 N–H and O–H groups in total. The van der Waals surface area contributed by atoms with Crippen molar-refractivity contribution in [2.75, 3.05) is 26.4 Å². The van der Waals surface area contributed by atoms with Crippen LogP contribution in [0.3, 0.4) is 0 Å². The smallest absolute Gasteiger partial charge is 0.321 e. The van der Waals surface area contributed by atoms with Crippen LogP contribution in [0.25, 0.3) is 0 Å². The number of hydrogen-bond donors (Lipinski definition) is 0. The minimum Gasteiger partial charge on any atom is -0.462 e. The van der Waals surface area contributed by atoms with Gasteiger partial charge in [0.25, 0.3) is 0 Å². The summed E-state index contributed by atoms with van der Waals surface area (Å²) in [4.78, 5) is 84.8. The molecule has 0 aromatic rings. The van der Waals surface area contributed by atoms with Gasteiger partial charge in [-0.3, -0.25) is 38.5 Å². The lowest BCUT2D eigenvalue weighted by molar-refractivity contribution is -0.262. The Morgan fingerprint density at radius 1 is 0.389 bits per heavy atom. The summed E-state index contributed by atoms with van der Waals surface area (Å²) in [6, 6.07) is 0. The van der Waals surface area contributed by atoms with Crippen LogP contribution in [0.4, 0.5) is 0 Å². The standard InChI is InChI=1S/C56H102N4O12/c1-21-65-57-49(5,6)31-27-39(35-53(57,13)14)69-44(61)26-25-43(46(62)70-40-28-32-50(7,8)58(66-22-2)54(15,16)36-40)45(47(63)71-41-29-33-51(9,10)59(67-23-3)55(17,18)37-41)48(64)72-42-30-34-52(11,12)60(68-24-4)56(19,20)38-42/h39-43,45H,21-38H2,1-20H3. The highest BCUT2D eigenvalue weighted by Gasteiger charge is 2.52. The van der Waals surface area contributed by atoms with Gasteiger partial charge in [-0.25, -0.2) is 0 Å². The van der Waals surface area contributed by atoms with Crippen LogP contribution in [0.1, 0.15) is 228 Å². The van der Waals surface area contributed by atoms with Gasteiger partial charge in [0.05, 0.1) is 32.3 Å². The van der Waals surface area contributed by atoms with Gasteiger partial charge in [-0.05, 0) is 196 Å². The second-order valence-electron chi connectivity index (χ2n) is 26.2. The molecule has 4 saturated heterocycles. The second-order valence-corrected chi connectivity index (χ2v) is 26.2. The number of nitrogens with zero attached hydrogens (tertiary/aromatic N) is 4. The first kappa shape index (κ1) is 62.1. The SMILES string of the molecule is CCON1C(C)(C)CCC(OC(=O)CCC(C(=O)OC2CCC(C)(C)N(OCC)C(C)(C)C2)C(C(=O)OC2CCC(C)(C)N(OCC)C(C)(C)C2)C(=O)OC2CCC(C)(C)N(OCC)C(C)(C)C2)CC1(C)C. The molecule has 4 fully saturated rings. The maximum atomic E-state index is 15.3. The van der Waals surface area contributed by atoms with Gasteiger partial charge in [0.2, 0.25) is 0 Å². The summed E-state index contributed by atoms with van der Waals surface area (Å²) >= 11 is 0. The first-order valence-electron chi connectivity index (χ1n) is 27.6. The monoisotopic (exact) mass is 1020 g/mol. The molecule has 4 aliphatic rings. The topological polar surface area (TPSA) is 155 Å². The number of esters is 4. The van der Waals surface area contributed by atoms with Crippen molar-refractivity contribution in [2.24, 2.45) is 11.8 Å². The average Bonchev–Trinajstić information content (AvgIpc) is 3.48. The highest BCUT2D eigenvalue weighted by Crippen LogP contribution is 2.43. The zero-order chi connectivity index (χ0) is 54.5. The summed E-state index contributed by atoms with van der Waals surface area (Å²) in [5.74, 6) is -6.24. The lowest BCUT2D eigenvalue weighted by Gasteiger charge is -2.45. The van der Waals surface area contributed by atoms with E-state index < -0.39 is 93.4 Å². The fourth-order valence-electron chi connectivity index (χ4n) is 13.1. The molecule has 0 aliphatic carbocycles. The Morgan fingerprint density at radius 3 is 0.903 bits per heavy atom. The summed E-state index contributed by atoms with van der Waals surface area (Å²) < 4.78 is 25.8. The van der Waals surface area contributed by atoms with Gasteiger partial charge in [-0.15, -0.1) is 0 Å². The number of hydrogen-bond acceptors (Lipinski definition) is 16. The zero-order valence-corrected chi connectivity index (χ0v) is 48.9. The maximum Gasteiger partial charge on any atom is 0.321 e. The first-order valence-corrected chi connectivity index (χ1v) is 27.6. The Bertz CT molecular complexity index is 1750. The van der Waals surface area contributed by atoms with Crippen LogP contribution in [0, 0.1) is 11.8 Å². The average molecular weight is 1020 g/mol. The van der Waals surface area contributed by atoms with Crippen molar-refractivity contribution in [2.45, 2.75) is 297 Å². The molecule has 0 bridgehead atoms. The molecular weight excluding hydrogens is 921 g/mol. The van der Waals surface area contributed by atoms with E-state index in [9.17, 15) is 4.79 Å². The fraction of sp³-hybridized carbons (Fsp3) is 0.929. The van der Waals surface area contributed by atoms with E-state index in [1.807, 2.05) is 47.9 Å². The third-order valence-corrected chi connectivity index (χ3v) is 15.7. The lowest BCUT2D eigenvalue weighted by Crippen LogP contribution is -2.54. The van der Waals surface area contributed by atoms with E-state index in [0.717, 1.165) is 0 Å². The predicted octanol–water partition coefficient (Wildman–Crippen LogP) is 10.6. The summed E-state index contributed by atoms with van der Waals surface area (Å²) in [5.41, 5.74) is -3.67. The summed E-state index contributed by atoms with van der Waals surface area (Å²) in [7, 11) is 0. The first-order chi connectivity index (χ1) is 33.1. The summed E-state index contributed by atoms with van der Waals surface area (Å²) in [5, 5.41) is 8.03. The Morgan fingerprint density at radius 2 is 0.639 bits per heavy atom. The molecule has 0 saturated carbocycles. The van der Waals surface area contributed by atoms with Crippen LogP contribution in [-0.2, 0) is 57.5 Å². The summed E-state index contributed by atoms with van der Waals surface area (Å²) in [6.07, 6.45) is 3.75. The largest absolute Gasteiger partial charge is 0.462 e. The number of carbonyl (C=O) groups is 4. The van der Waals surface area contributed by atoms with Crippen LogP contribution in [-0.4, -0.2) is 139 Å². The van der Waals surface area contributed by atoms with E-state index in [2.05, 4.69) is 111 Å². The lowest BCUT2D eigenvalue weighted by atomic mass is 9.87. The van der Waals surface area contributed by atoms with E-state index in [1.54, 1.807) is 0 Å². The zero-order valence-electron chi connectivity index (χ0n) is 48.9. The quantitative estimate of drug-likeness (QED) is 0.0684. The Labute approximate surface area is 435 Å². The van der Waals surface area contributed by atoms with E-state index in [-0.39, 0.29) is 23.9 Å². The molecule has 4 heterocycles. The van der Waals surface area contributed by atoms with Crippen molar-refractivity contribution in [3.8, 4) is 0 Å². The van der Waals surface area contributed by atoms with Crippen LogP contribution in [0.15, 0.2) is 0 Å². The molecule has 0 spiro atoms. The van der Waals surface area contributed by atoms with Crippen molar-refractivity contribution in [3.05, 3.63) is 0 Å². The minimum absolute atomic E-state index is 0.214. The number of rotatable bonds is 19. The van der Waals surface area contributed by atoms with Gasteiger partial charge >= 0.3 is 23.9 Å². The van der Waals surface area contributed by atoms with Gasteiger partial charge in [0.1, 0.15) is 24.4 Å². The van der Waals surface area contributed by atoms with Crippen LogP contribution in [0.5, 0.6) is 0 Å². The fourth-order valence-corrected chi connectivity index (χ4v) is 13.1. The third-order valence-electron chi connectivity index (χ3n) is 15.7. The van der Waals surface area contributed by atoms with Gasteiger partial charge in [0, 0.05) is 76.4 Å². The molecule has 0 radical (unpaired) electrons. The second kappa shape index (κ2) is 24.3. The molecule has 418 valence electrons. The normalized spacial score (nSPS) is 29.2. The molecule has 72 heavy (non-hydrogen) atoms. The Balaban J connectivity index is 1.78. The highest BCUT2D eigenvalue weighted by molar-refractivity contribution is 5.99. The molecular formula is C56H102N4O12. The molecule has 5 atom stereocenters. The molecule has 0 amide bonds. The molecule has 0 aromatic heterocycles. The third kappa shape index (κ3) is 15.6. The molecule has 4 aliphatic heterocycles. The van der Waals surface area contributed by atoms with E-state index in [1.165, 1.54) is 0 Å². The van der Waals surface area contributed by atoms with Crippen molar-refractivity contribution >= 4 is 23.9 Å². The minimum atomic E-state index is -1.75. The van der Waals surface area contributed by atoms with Crippen LogP contribution >= 0.6 is 0 Å². The molecule has 16 nitrogen and oxygen atoms in total. The van der Waals surface area contributed by atoms with E-state index >= 15 is 14.4 Å². The molecule has 5 unspecified atom stereocenters.